The number of carbonyl (C=O) groups is 1. The lowest BCUT2D eigenvalue weighted by atomic mass is 9.94. The van der Waals surface area contributed by atoms with Crippen LogP contribution in [0.4, 0.5) is 0 Å². The number of hydrogen-bond acceptors (Lipinski definition) is 5. The van der Waals surface area contributed by atoms with Crippen LogP contribution in [0.5, 0.6) is 0 Å². The van der Waals surface area contributed by atoms with E-state index in [1.165, 1.54) is 12.8 Å². The highest BCUT2D eigenvalue weighted by Gasteiger charge is 2.30. The van der Waals surface area contributed by atoms with Crippen molar-refractivity contribution in [3.63, 3.8) is 0 Å². The van der Waals surface area contributed by atoms with Crippen molar-refractivity contribution in [1.82, 2.24) is 20.0 Å². The van der Waals surface area contributed by atoms with Crippen molar-refractivity contribution >= 4 is 5.91 Å². The number of amides is 1. The lowest BCUT2D eigenvalue weighted by molar-refractivity contribution is 0.0667. The molecule has 24 heavy (non-hydrogen) atoms. The van der Waals surface area contributed by atoms with Crippen LogP contribution in [0.2, 0.25) is 0 Å². The summed E-state index contributed by atoms with van der Waals surface area (Å²) in [5, 5.41) is 4.08. The molecule has 0 aromatic carbocycles. The fourth-order valence-corrected chi connectivity index (χ4v) is 3.40. The molecule has 1 aliphatic carbocycles. The monoisotopic (exact) mass is 326 g/mol. The van der Waals surface area contributed by atoms with Crippen LogP contribution in [-0.2, 0) is 6.42 Å². The molecular formula is C18H22N4O2. The van der Waals surface area contributed by atoms with E-state index in [9.17, 15) is 4.79 Å². The van der Waals surface area contributed by atoms with E-state index in [1.807, 2.05) is 24.0 Å². The first-order valence-electron chi connectivity index (χ1n) is 8.74. The van der Waals surface area contributed by atoms with Gasteiger partial charge in [0.05, 0.1) is 5.56 Å². The van der Waals surface area contributed by atoms with Gasteiger partial charge in [0.25, 0.3) is 5.91 Å². The number of aromatic nitrogens is 3. The third-order valence-electron chi connectivity index (χ3n) is 4.93. The molecule has 2 aromatic heterocycles. The fourth-order valence-electron chi connectivity index (χ4n) is 3.40. The lowest BCUT2D eigenvalue weighted by Gasteiger charge is -2.32. The molecule has 3 heterocycles. The highest BCUT2D eigenvalue weighted by Crippen LogP contribution is 2.38. The Kier molecular flexibility index (Phi) is 4.04. The first kappa shape index (κ1) is 15.3. The van der Waals surface area contributed by atoms with Crippen molar-refractivity contribution in [1.29, 1.82) is 0 Å². The van der Waals surface area contributed by atoms with Gasteiger partial charge in [-0.15, -0.1) is 0 Å². The van der Waals surface area contributed by atoms with Crippen LogP contribution in [0, 0.1) is 12.8 Å². The molecule has 0 bridgehead atoms. The van der Waals surface area contributed by atoms with Crippen LogP contribution < -0.4 is 0 Å². The zero-order valence-electron chi connectivity index (χ0n) is 13.9. The summed E-state index contributed by atoms with van der Waals surface area (Å²) in [6.07, 6.45) is 6.94. The molecule has 0 radical (unpaired) electrons. The Labute approximate surface area is 141 Å². The van der Waals surface area contributed by atoms with E-state index >= 15 is 0 Å². The van der Waals surface area contributed by atoms with Crippen molar-refractivity contribution in [2.45, 2.75) is 44.9 Å². The summed E-state index contributed by atoms with van der Waals surface area (Å²) in [5.74, 6) is 2.55. The molecule has 1 aliphatic heterocycles. The summed E-state index contributed by atoms with van der Waals surface area (Å²) in [4.78, 5) is 23.4. The number of hydrogen-bond donors (Lipinski definition) is 0. The number of nitrogens with zero attached hydrogens (tertiary/aromatic N) is 4. The van der Waals surface area contributed by atoms with E-state index in [4.69, 9.17) is 4.52 Å². The molecule has 0 spiro atoms. The molecular weight excluding hydrogens is 304 g/mol. The number of likely N-dealkylation sites (tertiary alicyclic amines) is 1. The molecule has 6 nitrogen and oxygen atoms in total. The van der Waals surface area contributed by atoms with Gasteiger partial charge in [0, 0.05) is 37.3 Å². The van der Waals surface area contributed by atoms with Gasteiger partial charge < -0.3 is 9.42 Å². The van der Waals surface area contributed by atoms with Crippen molar-refractivity contribution in [3.05, 3.63) is 41.3 Å². The molecule has 1 saturated carbocycles. The van der Waals surface area contributed by atoms with Gasteiger partial charge in [0.15, 0.2) is 5.82 Å². The topological polar surface area (TPSA) is 72.1 Å². The SMILES string of the molecule is Cc1ncccc1C(=O)N1CCCC(Cc2nc(C3CC3)no2)C1. The van der Waals surface area contributed by atoms with E-state index in [0.29, 0.717) is 23.3 Å². The average molecular weight is 326 g/mol. The number of carbonyl (C=O) groups excluding carboxylic acids is 1. The third kappa shape index (κ3) is 3.18. The second kappa shape index (κ2) is 6.34. The maximum Gasteiger partial charge on any atom is 0.255 e. The van der Waals surface area contributed by atoms with Crippen molar-refractivity contribution < 1.29 is 9.32 Å². The van der Waals surface area contributed by atoms with Gasteiger partial charge in [-0.3, -0.25) is 9.78 Å². The van der Waals surface area contributed by atoms with Crippen LogP contribution in [-0.4, -0.2) is 39.0 Å². The summed E-state index contributed by atoms with van der Waals surface area (Å²) >= 11 is 0. The molecule has 0 N–H and O–H groups in total. The minimum atomic E-state index is 0.0782. The zero-order chi connectivity index (χ0) is 16.5. The van der Waals surface area contributed by atoms with Gasteiger partial charge in [-0.2, -0.15) is 4.98 Å². The minimum absolute atomic E-state index is 0.0782. The first-order valence-corrected chi connectivity index (χ1v) is 8.74. The van der Waals surface area contributed by atoms with E-state index in [1.54, 1.807) is 6.20 Å². The van der Waals surface area contributed by atoms with Gasteiger partial charge in [-0.05, 0) is 50.7 Å². The van der Waals surface area contributed by atoms with Crippen LogP contribution in [0.25, 0.3) is 0 Å². The summed E-state index contributed by atoms with van der Waals surface area (Å²) in [6, 6.07) is 3.67. The summed E-state index contributed by atoms with van der Waals surface area (Å²) in [6.45, 7) is 3.43. The summed E-state index contributed by atoms with van der Waals surface area (Å²) in [5.41, 5.74) is 1.49. The van der Waals surface area contributed by atoms with Crippen LogP contribution in [0.1, 0.15) is 59.4 Å². The quantitative estimate of drug-likeness (QED) is 0.864. The summed E-state index contributed by atoms with van der Waals surface area (Å²) in [7, 11) is 0. The molecule has 2 aromatic rings. The number of rotatable bonds is 4. The predicted molar refractivity (Wildman–Crippen MR) is 87.6 cm³/mol. The number of piperidine rings is 1. The van der Waals surface area contributed by atoms with Gasteiger partial charge in [-0.1, -0.05) is 5.16 Å². The Morgan fingerprint density at radius 2 is 2.25 bits per heavy atom. The van der Waals surface area contributed by atoms with Crippen LogP contribution >= 0.6 is 0 Å². The molecule has 1 amide bonds. The second-order valence-corrected chi connectivity index (χ2v) is 6.92. The molecule has 2 fully saturated rings. The normalized spacial score (nSPS) is 21.0. The average Bonchev–Trinajstić information content (AvgIpc) is 3.35. The molecule has 1 atom stereocenters. The Hall–Kier alpha value is -2.24. The predicted octanol–water partition coefficient (Wildman–Crippen LogP) is 2.75. The summed E-state index contributed by atoms with van der Waals surface area (Å²) < 4.78 is 5.39. The van der Waals surface area contributed by atoms with Crippen molar-refractivity contribution in [3.8, 4) is 0 Å². The van der Waals surface area contributed by atoms with Crippen molar-refractivity contribution in [2.24, 2.45) is 5.92 Å². The molecule has 126 valence electrons. The third-order valence-corrected chi connectivity index (χ3v) is 4.93. The van der Waals surface area contributed by atoms with Gasteiger partial charge >= 0.3 is 0 Å². The molecule has 4 rings (SSSR count). The van der Waals surface area contributed by atoms with Gasteiger partial charge in [0.2, 0.25) is 5.89 Å². The maximum atomic E-state index is 12.8. The molecule has 2 aliphatic rings. The Morgan fingerprint density at radius 1 is 1.38 bits per heavy atom. The fraction of sp³-hybridized carbons (Fsp3) is 0.556. The van der Waals surface area contributed by atoms with E-state index < -0.39 is 0 Å². The molecule has 6 heteroatoms. The second-order valence-electron chi connectivity index (χ2n) is 6.92. The number of pyridine rings is 1. The Balaban J connectivity index is 1.41. The Bertz CT molecular complexity index is 738. The van der Waals surface area contributed by atoms with Gasteiger partial charge in [0.1, 0.15) is 0 Å². The largest absolute Gasteiger partial charge is 0.339 e. The van der Waals surface area contributed by atoms with E-state index in [-0.39, 0.29) is 5.91 Å². The van der Waals surface area contributed by atoms with Gasteiger partial charge in [-0.25, -0.2) is 0 Å². The standard InChI is InChI=1S/C18H22N4O2/c1-12-15(5-2-8-19-12)18(23)22-9-3-4-13(11-22)10-16-20-17(21-24-16)14-6-7-14/h2,5,8,13-14H,3-4,6-7,9-11H2,1H3. The highest BCUT2D eigenvalue weighted by atomic mass is 16.5. The Morgan fingerprint density at radius 3 is 3.04 bits per heavy atom. The van der Waals surface area contributed by atoms with E-state index in [0.717, 1.165) is 43.9 Å². The van der Waals surface area contributed by atoms with Crippen molar-refractivity contribution in [2.75, 3.05) is 13.1 Å². The molecule has 1 saturated heterocycles. The van der Waals surface area contributed by atoms with Crippen LogP contribution in [0.15, 0.2) is 22.9 Å². The first-order chi connectivity index (χ1) is 11.7. The minimum Gasteiger partial charge on any atom is -0.339 e. The number of aryl methyl sites for hydroxylation is 1. The molecule has 1 unspecified atom stereocenters. The van der Waals surface area contributed by atoms with E-state index in [2.05, 4.69) is 15.1 Å². The maximum absolute atomic E-state index is 12.8. The lowest BCUT2D eigenvalue weighted by Crippen LogP contribution is -2.40. The highest BCUT2D eigenvalue weighted by molar-refractivity contribution is 5.95. The smallest absolute Gasteiger partial charge is 0.255 e. The van der Waals surface area contributed by atoms with Crippen LogP contribution in [0.3, 0.4) is 0 Å². The zero-order valence-corrected chi connectivity index (χ0v) is 13.9.